The van der Waals surface area contributed by atoms with Crippen LogP contribution in [0.25, 0.3) is 11.1 Å². The maximum atomic E-state index is 13.1. The summed E-state index contributed by atoms with van der Waals surface area (Å²) < 4.78 is 34.2. The first-order valence-corrected chi connectivity index (χ1v) is 11.0. The highest BCUT2D eigenvalue weighted by molar-refractivity contribution is 7.89. The molecule has 0 radical (unpaired) electrons. The third-order valence-electron chi connectivity index (χ3n) is 5.26. The van der Waals surface area contributed by atoms with Gasteiger partial charge in [-0.15, -0.1) is 0 Å². The van der Waals surface area contributed by atoms with Crippen molar-refractivity contribution in [2.75, 3.05) is 5.32 Å². The fourth-order valence-corrected chi connectivity index (χ4v) is 5.24. The molecular formula is C20H27N3O4S. The Labute approximate surface area is 165 Å². The maximum absolute atomic E-state index is 13.1. The molecule has 1 amide bonds. The van der Waals surface area contributed by atoms with E-state index in [0.29, 0.717) is 28.3 Å². The molecule has 152 valence electrons. The molecule has 3 rings (SSSR count). The van der Waals surface area contributed by atoms with E-state index >= 15 is 0 Å². The normalized spacial score (nSPS) is 20.1. The third-order valence-corrected chi connectivity index (χ3v) is 6.92. The predicted octanol–water partition coefficient (Wildman–Crippen LogP) is 3.77. The highest BCUT2D eigenvalue weighted by Gasteiger charge is 2.26. The number of carbonyl (C=O) groups excluding carboxylic acids is 1. The van der Waals surface area contributed by atoms with Gasteiger partial charge in [0.2, 0.25) is 21.8 Å². The molecule has 1 heterocycles. The van der Waals surface area contributed by atoms with E-state index < -0.39 is 10.0 Å². The summed E-state index contributed by atoms with van der Waals surface area (Å²) in [5.74, 6) is 0.576. The molecule has 0 bridgehead atoms. The number of benzene rings is 1. The van der Waals surface area contributed by atoms with Crippen molar-refractivity contribution in [2.24, 2.45) is 5.92 Å². The van der Waals surface area contributed by atoms with Crippen molar-refractivity contribution in [3.05, 3.63) is 29.5 Å². The first kappa shape index (κ1) is 20.5. The fourth-order valence-electron chi connectivity index (χ4n) is 3.66. The Morgan fingerprint density at radius 2 is 1.86 bits per heavy atom. The van der Waals surface area contributed by atoms with E-state index in [1.54, 1.807) is 26.0 Å². The third kappa shape index (κ3) is 4.44. The van der Waals surface area contributed by atoms with E-state index in [4.69, 9.17) is 4.52 Å². The maximum Gasteiger partial charge on any atom is 0.241 e. The summed E-state index contributed by atoms with van der Waals surface area (Å²) in [7, 11) is -3.66. The highest BCUT2D eigenvalue weighted by Crippen LogP contribution is 2.34. The number of amides is 1. The second kappa shape index (κ2) is 8.05. The molecule has 7 nitrogen and oxygen atoms in total. The van der Waals surface area contributed by atoms with Crippen LogP contribution in [0.5, 0.6) is 0 Å². The second-order valence-electron chi connectivity index (χ2n) is 7.71. The summed E-state index contributed by atoms with van der Waals surface area (Å²) in [4.78, 5) is 11.7. The van der Waals surface area contributed by atoms with Crippen LogP contribution in [-0.2, 0) is 14.8 Å². The monoisotopic (exact) mass is 405 g/mol. The molecule has 0 saturated heterocycles. The molecule has 1 fully saturated rings. The number of sulfonamides is 1. The number of hydrogen-bond donors (Lipinski definition) is 2. The van der Waals surface area contributed by atoms with Crippen molar-refractivity contribution < 1.29 is 17.7 Å². The van der Waals surface area contributed by atoms with Gasteiger partial charge in [0.05, 0.1) is 16.2 Å². The zero-order chi connectivity index (χ0) is 20.5. The quantitative estimate of drug-likeness (QED) is 0.788. The second-order valence-corrected chi connectivity index (χ2v) is 9.39. The van der Waals surface area contributed by atoms with E-state index in [-0.39, 0.29) is 22.7 Å². The summed E-state index contributed by atoms with van der Waals surface area (Å²) >= 11 is 0. The zero-order valence-corrected chi connectivity index (χ0v) is 17.5. The lowest BCUT2D eigenvalue weighted by molar-refractivity contribution is -0.114. The molecule has 1 aromatic heterocycles. The minimum Gasteiger partial charge on any atom is -0.337 e. The minimum absolute atomic E-state index is 0.0310. The highest BCUT2D eigenvalue weighted by atomic mass is 32.2. The smallest absolute Gasteiger partial charge is 0.241 e. The van der Waals surface area contributed by atoms with E-state index in [1.165, 1.54) is 6.92 Å². The van der Waals surface area contributed by atoms with Crippen molar-refractivity contribution >= 4 is 21.8 Å². The van der Waals surface area contributed by atoms with Gasteiger partial charge in [-0.05, 0) is 62.6 Å². The van der Waals surface area contributed by atoms with Crippen molar-refractivity contribution in [2.45, 2.75) is 64.3 Å². The number of aromatic nitrogens is 1. The Bertz CT molecular complexity index is 973. The number of rotatable bonds is 5. The van der Waals surface area contributed by atoms with Crippen LogP contribution < -0.4 is 10.0 Å². The molecule has 1 aromatic carbocycles. The van der Waals surface area contributed by atoms with Gasteiger partial charge in [0, 0.05) is 13.0 Å². The Kier molecular flexibility index (Phi) is 5.90. The van der Waals surface area contributed by atoms with Gasteiger partial charge in [0.1, 0.15) is 0 Å². The first-order chi connectivity index (χ1) is 13.2. The average molecular weight is 406 g/mol. The molecule has 2 aromatic rings. The molecule has 1 aliphatic carbocycles. The molecule has 28 heavy (non-hydrogen) atoms. The van der Waals surface area contributed by atoms with Crippen molar-refractivity contribution in [3.63, 3.8) is 0 Å². The minimum atomic E-state index is -3.66. The van der Waals surface area contributed by atoms with E-state index in [9.17, 15) is 13.2 Å². The van der Waals surface area contributed by atoms with E-state index in [1.807, 2.05) is 6.07 Å². The molecule has 1 saturated carbocycles. The molecule has 0 aliphatic heterocycles. The molecule has 0 unspecified atom stereocenters. The molecular weight excluding hydrogens is 378 g/mol. The SMILES string of the molecule is CC(=O)Nc1onc(C)c1-c1ccc(C)c(S(=O)(=O)NC2CCC(C)CC2)c1. The number of anilines is 1. The summed E-state index contributed by atoms with van der Waals surface area (Å²) in [6.45, 7) is 7.10. The molecule has 0 atom stereocenters. The summed E-state index contributed by atoms with van der Waals surface area (Å²) in [5.41, 5.74) is 2.45. The van der Waals surface area contributed by atoms with Crippen molar-refractivity contribution in [3.8, 4) is 11.1 Å². The standard InChI is InChI=1S/C20H27N3O4S/c1-12-5-9-17(10-6-12)23-28(25,26)18-11-16(8-7-13(18)2)19-14(3)22-27-20(19)21-15(4)24/h7-8,11-12,17,23H,5-6,9-10H2,1-4H3,(H,21,24). The van der Waals surface area contributed by atoms with Gasteiger partial charge in [-0.3, -0.25) is 10.1 Å². The number of carbonyl (C=O) groups is 1. The van der Waals surface area contributed by atoms with Crippen LogP contribution in [0.1, 0.15) is 50.8 Å². The van der Waals surface area contributed by atoms with E-state index in [2.05, 4.69) is 22.1 Å². The number of aryl methyl sites for hydroxylation is 2. The zero-order valence-electron chi connectivity index (χ0n) is 16.7. The number of nitrogens with one attached hydrogen (secondary N) is 2. The molecule has 0 spiro atoms. The molecule has 2 N–H and O–H groups in total. The van der Waals surface area contributed by atoms with Gasteiger partial charge < -0.3 is 4.52 Å². The van der Waals surface area contributed by atoms with Crippen LogP contribution in [0.2, 0.25) is 0 Å². The first-order valence-electron chi connectivity index (χ1n) is 9.54. The van der Waals surface area contributed by atoms with Gasteiger partial charge in [-0.2, -0.15) is 0 Å². The lowest BCUT2D eigenvalue weighted by Gasteiger charge is -2.27. The Hall–Kier alpha value is -2.19. The van der Waals surface area contributed by atoms with Crippen LogP contribution >= 0.6 is 0 Å². The van der Waals surface area contributed by atoms with Gasteiger partial charge in [0.15, 0.2) is 0 Å². The van der Waals surface area contributed by atoms with Gasteiger partial charge >= 0.3 is 0 Å². The van der Waals surface area contributed by atoms with Crippen LogP contribution in [0.15, 0.2) is 27.6 Å². The van der Waals surface area contributed by atoms with Crippen LogP contribution in [-0.4, -0.2) is 25.5 Å². The van der Waals surface area contributed by atoms with Gasteiger partial charge in [-0.25, -0.2) is 13.1 Å². The summed E-state index contributed by atoms with van der Waals surface area (Å²) in [6, 6.07) is 5.16. The number of hydrogen-bond acceptors (Lipinski definition) is 5. The fraction of sp³-hybridized carbons (Fsp3) is 0.500. The average Bonchev–Trinajstić information content (AvgIpc) is 2.97. The van der Waals surface area contributed by atoms with Crippen molar-refractivity contribution in [1.29, 1.82) is 0 Å². The Morgan fingerprint density at radius 3 is 2.50 bits per heavy atom. The molecule has 1 aliphatic rings. The number of nitrogens with zero attached hydrogens (tertiary/aromatic N) is 1. The van der Waals surface area contributed by atoms with Gasteiger partial charge in [-0.1, -0.05) is 24.2 Å². The van der Waals surface area contributed by atoms with Crippen molar-refractivity contribution in [1.82, 2.24) is 9.88 Å². The Morgan fingerprint density at radius 1 is 1.18 bits per heavy atom. The topological polar surface area (TPSA) is 101 Å². The van der Waals surface area contributed by atoms with Gasteiger partial charge in [0.25, 0.3) is 0 Å². The largest absolute Gasteiger partial charge is 0.337 e. The Balaban J connectivity index is 1.94. The van der Waals surface area contributed by atoms with Crippen LogP contribution in [0.3, 0.4) is 0 Å². The van der Waals surface area contributed by atoms with E-state index in [0.717, 1.165) is 25.7 Å². The van der Waals surface area contributed by atoms with Crippen LogP contribution in [0, 0.1) is 19.8 Å². The lowest BCUT2D eigenvalue weighted by Crippen LogP contribution is -2.37. The predicted molar refractivity (Wildman–Crippen MR) is 107 cm³/mol. The lowest BCUT2D eigenvalue weighted by atomic mass is 9.88. The van der Waals surface area contributed by atoms with Crippen LogP contribution in [0.4, 0.5) is 5.88 Å². The molecule has 8 heteroatoms. The summed E-state index contributed by atoms with van der Waals surface area (Å²) in [5, 5.41) is 6.51. The summed E-state index contributed by atoms with van der Waals surface area (Å²) in [6.07, 6.45) is 3.78.